The summed E-state index contributed by atoms with van der Waals surface area (Å²) < 4.78 is 0. The van der Waals surface area contributed by atoms with Gasteiger partial charge in [0.15, 0.2) is 0 Å². The molecule has 0 aromatic carbocycles. The van der Waals surface area contributed by atoms with E-state index in [0.29, 0.717) is 25.6 Å². The molecular formula is C16H26N2O3. The minimum Gasteiger partial charge on any atom is -0.481 e. The molecule has 0 atom stereocenters. The first-order valence-corrected chi connectivity index (χ1v) is 7.50. The number of rotatable bonds is 9. The summed E-state index contributed by atoms with van der Waals surface area (Å²) in [5.41, 5.74) is 0. The molecule has 0 aromatic rings. The third-order valence-corrected chi connectivity index (χ3v) is 3.88. The van der Waals surface area contributed by atoms with Crippen LogP contribution in [0.5, 0.6) is 0 Å². The Morgan fingerprint density at radius 3 is 2.24 bits per heavy atom. The minimum absolute atomic E-state index is 0.0961. The molecule has 0 aromatic heterocycles. The molecule has 0 saturated carbocycles. The summed E-state index contributed by atoms with van der Waals surface area (Å²) in [5, 5.41) is 8.70. The fourth-order valence-corrected chi connectivity index (χ4v) is 2.64. The van der Waals surface area contributed by atoms with Crippen LogP contribution < -0.4 is 0 Å². The second-order valence-electron chi connectivity index (χ2n) is 5.53. The van der Waals surface area contributed by atoms with E-state index < -0.39 is 5.97 Å². The number of hydrogen-bond acceptors (Lipinski definition) is 3. The topological polar surface area (TPSA) is 60.9 Å². The Hall–Kier alpha value is -1.62. The molecule has 1 saturated heterocycles. The van der Waals surface area contributed by atoms with Crippen LogP contribution in [0, 0.1) is 5.92 Å². The lowest BCUT2D eigenvalue weighted by atomic mass is 9.92. The number of nitrogens with zero attached hydrogens (tertiary/aromatic N) is 2. The van der Waals surface area contributed by atoms with E-state index in [1.54, 1.807) is 17.1 Å². The zero-order valence-electron chi connectivity index (χ0n) is 12.7. The third-order valence-electron chi connectivity index (χ3n) is 3.88. The Balaban J connectivity index is 2.33. The summed E-state index contributed by atoms with van der Waals surface area (Å²) in [6, 6.07) is 0. The molecule has 5 nitrogen and oxygen atoms in total. The standard InChI is InChI=1S/C16H26N2O3/c1-3-9-18(10-4-2)15(19)13-17-11-7-14(8-12-17)5-6-16(20)21/h3-4,14H,1-2,5-13H2,(H,20,21). The highest BCUT2D eigenvalue weighted by Crippen LogP contribution is 2.21. The number of carbonyl (C=O) groups is 2. The van der Waals surface area contributed by atoms with E-state index in [1.165, 1.54) is 0 Å². The number of piperidine rings is 1. The lowest BCUT2D eigenvalue weighted by Crippen LogP contribution is -2.43. The van der Waals surface area contributed by atoms with Gasteiger partial charge in [0.25, 0.3) is 0 Å². The van der Waals surface area contributed by atoms with E-state index in [9.17, 15) is 9.59 Å². The maximum Gasteiger partial charge on any atom is 0.303 e. The Morgan fingerprint density at radius 2 is 1.76 bits per heavy atom. The molecule has 1 N–H and O–H groups in total. The summed E-state index contributed by atoms with van der Waals surface area (Å²) in [5.74, 6) is -0.152. The predicted octanol–water partition coefficient (Wildman–Crippen LogP) is 1.76. The number of carboxylic acids is 1. The van der Waals surface area contributed by atoms with Crippen molar-refractivity contribution < 1.29 is 14.7 Å². The second-order valence-corrected chi connectivity index (χ2v) is 5.53. The summed E-state index contributed by atoms with van der Waals surface area (Å²) >= 11 is 0. The number of likely N-dealkylation sites (tertiary alicyclic amines) is 1. The van der Waals surface area contributed by atoms with Gasteiger partial charge in [-0.1, -0.05) is 12.2 Å². The van der Waals surface area contributed by atoms with E-state index in [0.717, 1.165) is 32.4 Å². The van der Waals surface area contributed by atoms with Crippen molar-refractivity contribution in [3.63, 3.8) is 0 Å². The summed E-state index contributed by atoms with van der Waals surface area (Å²) in [4.78, 5) is 26.7. The predicted molar refractivity (Wildman–Crippen MR) is 83.0 cm³/mol. The van der Waals surface area contributed by atoms with Crippen molar-refractivity contribution in [3.8, 4) is 0 Å². The number of carbonyl (C=O) groups excluding carboxylic acids is 1. The Morgan fingerprint density at radius 1 is 1.19 bits per heavy atom. The van der Waals surface area contributed by atoms with Crippen LogP contribution in [0.25, 0.3) is 0 Å². The molecule has 1 aliphatic rings. The average molecular weight is 294 g/mol. The lowest BCUT2D eigenvalue weighted by Gasteiger charge is -2.32. The van der Waals surface area contributed by atoms with Crippen LogP contribution in [-0.4, -0.2) is 59.5 Å². The van der Waals surface area contributed by atoms with Gasteiger partial charge in [-0.25, -0.2) is 0 Å². The molecule has 1 rings (SSSR count). The van der Waals surface area contributed by atoms with Crippen LogP contribution >= 0.6 is 0 Å². The monoisotopic (exact) mass is 294 g/mol. The van der Waals surface area contributed by atoms with Gasteiger partial charge in [-0.2, -0.15) is 0 Å². The van der Waals surface area contributed by atoms with Crippen LogP contribution in [0.2, 0.25) is 0 Å². The first-order valence-electron chi connectivity index (χ1n) is 7.50. The Labute approximate surface area is 126 Å². The highest BCUT2D eigenvalue weighted by atomic mass is 16.4. The van der Waals surface area contributed by atoms with Crippen molar-refractivity contribution in [2.45, 2.75) is 25.7 Å². The third kappa shape index (κ3) is 6.58. The fraction of sp³-hybridized carbons (Fsp3) is 0.625. The van der Waals surface area contributed by atoms with Crippen molar-refractivity contribution in [2.24, 2.45) is 5.92 Å². The van der Waals surface area contributed by atoms with Gasteiger partial charge < -0.3 is 10.0 Å². The van der Waals surface area contributed by atoms with Crippen molar-refractivity contribution in [3.05, 3.63) is 25.3 Å². The van der Waals surface area contributed by atoms with E-state index in [1.807, 2.05) is 0 Å². The molecule has 1 amide bonds. The molecule has 21 heavy (non-hydrogen) atoms. The van der Waals surface area contributed by atoms with Crippen molar-refractivity contribution in [2.75, 3.05) is 32.7 Å². The molecule has 0 aliphatic carbocycles. The zero-order chi connectivity index (χ0) is 15.7. The van der Waals surface area contributed by atoms with Gasteiger partial charge in [0.05, 0.1) is 6.54 Å². The highest BCUT2D eigenvalue weighted by molar-refractivity contribution is 5.78. The highest BCUT2D eigenvalue weighted by Gasteiger charge is 2.22. The summed E-state index contributed by atoms with van der Waals surface area (Å²) in [6.45, 7) is 10.6. The molecule has 0 unspecified atom stereocenters. The van der Waals surface area contributed by atoms with Crippen LogP contribution in [0.1, 0.15) is 25.7 Å². The quantitative estimate of drug-likeness (QED) is 0.658. The van der Waals surface area contributed by atoms with Gasteiger partial charge in [-0.3, -0.25) is 14.5 Å². The van der Waals surface area contributed by atoms with E-state index in [-0.39, 0.29) is 12.3 Å². The SMILES string of the molecule is C=CCN(CC=C)C(=O)CN1CCC(CCC(=O)O)CC1. The van der Waals surface area contributed by atoms with Crippen LogP contribution in [0.15, 0.2) is 25.3 Å². The lowest BCUT2D eigenvalue weighted by molar-refractivity contribution is -0.137. The second kappa shape index (κ2) is 9.34. The van der Waals surface area contributed by atoms with Crippen molar-refractivity contribution >= 4 is 11.9 Å². The van der Waals surface area contributed by atoms with Crippen molar-refractivity contribution in [1.29, 1.82) is 0 Å². The minimum atomic E-state index is -0.725. The summed E-state index contributed by atoms with van der Waals surface area (Å²) in [7, 11) is 0. The smallest absolute Gasteiger partial charge is 0.303 e. The molecule has 118 valence electrons. The molecule has 1 aliphatic heterocycles. The average Bonchev–Trinajstić information content (AvgIpc) is 2.46. The number of amides is 1. The Bertz CT molecular complexity index is 364. The van der Waals surface area contributed by atoms with Gasteiger partial charge in [0, 0.05) is 19.5 Å². The molecule has 1 fully saturated rings. The van der Waals surface area contributed by atoms with E-state index in [4.69, 9.17) is 5.11 Å². The first kappa shape index (κ1) is 17.4. The molecule has 5 heteroatoms. The van der Waals surface area contributed by atoms with Gasteiger partial charge in [0.1, 0.15) is 0 Å². The summed E-state index contributed by atoms with van der Waals surface area (Å²) in [6.07, 6.45) is 6.39. The van der Waals surface area contributed by atoms with Crippen molar-refractivity contribution in [1.82, 2.24) is 9.80 Å². The maximum atomic E-state index is 12.2. The number of carboxylic acid groups (broad SMARTS) is 1. The fourth-order valence-electron chi connectivity index (χ4n) is 2.64. The Kier molecular flexibility index (Phi) is 7.75. The van der Waals surface area contributed by atoms with E-state index >= 15 is 0 Å². The van der Waals surface area contributed by atoms with Gasteiger partial charge in [0.2, 0.25) is 5.91 Å². The zero-order valence-corrected chi connectivity index (χ0v) is 12.7. The molecule has 0 radical (unpaired) electrons. The van der Waals surface area contributed by atoms with Crippen LogP contribution in [-0.2, 0) is 9.59 Å². The largest absolute Gasteiger partial charge is 0.481 e. The number of aliphatic carboxylic acids is 1. The van der Waals surface area contributed by atoms with Gasteiger partial charge in [-0.05, 0) is 38.3 Å². The first-order chi connectivity index (χ1) is 10.1. The van der Waals surface area contributed by atoms with Crippen LogP contribution in [0.4, 0.5) is 0 Å². The molecule has 1 heterocycles. The van der Waals surface area contributed by atoms with E-state index in [2.05, 4.69) is 18.1 Å². The molecule has 0 bridgehead atoms. The van der Waals surface area contributed by atoms with Gasteiger partial charge >= 0.3 is 5.97 Å². The maximum absolute atomic E-state index is 12.2. The van der Waals surface area contributed by atoms with Crippen LogP contribution in [0.3, 0.4) is 0 Å². The van der Waals surface area contributed by atoms with Gasteiger partial charge in [-0.15, -0.1) is 13.2 Å². The normalized spacial score (nSPS) is 16.4. The number of hydrogen-bond donors (Lipinski definition) is 1. The molecule has 0 spiro atoms. The molecular weight excluding hydrogens is 268 g/mol.